The summed E-state index contributed by atoms with van der Waals surface area (Å²) in [7, 11) is 0. The van der Waals surface area contributed by atoms with Crippen LogP contribution in [0.3, 0.4) is 0 Å². The van der Waals surface area contributed by atoms with Crippen LogP contribution in [0.5, 0.6) is 0 Å². The van der Waals surface area contributed by atoms with E-state index in [9.17, 15) is 15.3 Å². The van der Waals surface area contributed by atoms with Crippen LogP contribution in [0.1, 0.15) is 37.4 Å². The first-order valence-electron chi connectivity index (χ1n) is 6.84. The van der Waals surface area contributed by atoms with Gasteiger partial charge in [-0.1, -0.05) is 12.8 Å². The third kappa shape index (κ3) is 3.33. The molecule has 1 fully saturated rings. The molecule has 19 heavy (non-hydrogen) atoms. The summed E-state index contributed by atoms with van der Waals surface area (Å²) >= 11 is 0. The molecule has 0 aromatic carbocycles. The van der Waals surface area contributed by atoms with E-state index in [1.54, 1.807) is 0 Å². The number of rotatable bonds is 7. The fourth-order valence-corrected chi connectivity index (χ4v) is 2.44. The van der Waals surface area contributed by atoms with Crippen LogP contribution >= 0.6 is 0 Å². The van der Waals surface area contributed by atoms with E-state index in [0.717, 1.165) is 5.69 Å². The summed E-state index contributed by atoms with van der Waals surface area (Å²) in [5, 5.41) is 35.2. The Morgan fingerprint density at radius 2 is 1.84 bits per heavy atom. The lowest BCUT2D eigenvalue weighted by Gasteiger charge is -2.28. The predicted octanol–water partition coefficient (Wildman–Crippen LogP) is -0.197. The highest BCUT2D eigenvalue weighted by Gasteiger charge is 2.27. The van der Waals surface area contributed by atoms with Crippen molar-refractivity contribution in [2.75, 3.05) is 19.8 Å². The third-order valence-corrected chi connectivity index (χ3v) is 3.91. The molecule has 2 rings (SSSR count). The van der Waals surface area contributed by atoms with Gasteiger partial charge in [-0.05, 0) is 18.9 Å². The van der Waals surface area contributed by atoms with Crippen LogP contribution in [0.4, 0.5) is 0 Å². The lowest BCUT2D eigenvalue weighted by molar-refractivity contribution is 0.0411. The standard InChI is InChI=1S/C13H23N3O3/c17-8-13(9-18,10-19)14-7-11-5-6-16(15-11)12-3-1-2-4-12/h5-6,12,14,17-19H,1-4,7-10H2. The number of aromatic nitrogens is 2. The van der Waals surface area contributed by atoms with Gasteiger partial charge in [-0.15, -0.1) is 0 Å². The van der Waals surface area contributed by atoms with Gasteiger partial charge in [-0.25, -0.2) is 0 Å². The molecular weight excluding hydrogens is 246 g/mol. The van der Waals surface area contributed by atoms with E-state index in [-0.39, 0.29) is 19.8 Å². The molecule has 1 aromatic heterocycles. The normalized spacial score (nSPS) is 17.2. The minimum absolute atomic E-state index is 0.316. The van der Waals surface area contributed by atoms with Crippen LogP contribution in [0, 0.1) is 0 Å². The topological polar surface area (TPSA) is 90.5 Å². The Morgan fingerprint density at radius 1 is 1.21 bits per heavy atom. The van der Waals surface area contributed by atoms with Gasteiger partial charge < -0.3 is 15.3 Å². The molecule has 108 valence electrons. The Kier molecular flexibility index (Phi) is 4.93. The molecular formula is C13H23N3O3. The van der Waals surface area contributed by atoms with E-state index in [4.69, 9.17) is 0 Å². The maximum atomic E-state index is 9.22. The van der Waals surface area contributed by atoms with Crippen LogP contribution < -0.4 is 5.32 Å². The number of hydrogen-bond acceptors (Lipinski definition) is 5. The molecule has 0 bridgehead atoms. The Bertz CT molecular complexity index is 376. The van der Waals surface area contributed by atoms with E-state index in [1.165, 1.54) is 25.7 Å². The maximum absolute atomic E-state index is 9.22. The zero-order chi connectivity index (χ0) is 13.7. The van der Waals surface area contributed by atoms with E-state index in [1.807, 2.05) is 16.9 Å². The van der Waals surface area contributed by atoms with Crippen LogP contribution in [0.25, 0.3) is 0 Å². The third-order valence-electron chi connectivity index (χ3n) is 3.91. The van der Waals surface area contributed by atoms with Crippen LogP contribution in [0.15, 0.2) is 12.3 Å². The molecule has 0 radical (unpaired) electrons. The molecule has 0 aliphatic heterocycles. The molecule has 0 spiro atoms. The highest BCUT2D eigenvalue weighted by atomic mass is 16.3. The number of nitrogens with one attached hydrogen (secondary N) is 1. The lowest BCUT2D eigenvalue weighted by Crippen LogP contribution is -2.54. The Hall–Kier alpha value is -0.950. The van der Waals surface area contributed by atoms with Crippen LogP contribution in [-0.4, -0.2) is 50.5 Å². The van der Waals surface area contributed by atoms with Gasteiger partial charge in [-0.3, -0.25) is 10.00 Å². The van der Waals surface area contributed by atoms with Gasteiger partial charge in [0.1, 0.15) is 0 Å². The Balaban J connectivity index is 1.92. The molecule has 0 amide bonds. The largest absolute Gasteiger partial charge is 0.394 e. The van der Waals surface area contributed by atoms with Crippen molar-refractivity contribution in [1.29, 1.82) is 0 Å². The average molecular weight is 269 g/mol. The molecule has 6 heteroatoms. The van der Waals surface area contributed by atoms with Crippen molar-refractivity contribution in [1.82, 2.24) is 15.1 Å². The summed E-state index contributed by atoms with van der Waals surface area (Å²) in [6.07, 6.45) is 6.87. The van der Waals surface area contributed by atoms with Gasteiger partial charge in [0, 0.05) is 12.7 Å². The number of aliphatic hydroxyl groups excluding tert-OH is 3. The Labute approximate surface area is 113 Å². The second kappa shape index (κ2) is 6.47. The second-order valence-electron chi connectivity index (χ2n) is 5.33. The van der Waals surface area contributed by atoms with Crippen molar-refractivity contribution in [2.24, 2.45) is 0 Å². The predicted molar refractivity (Wildman–Crippen MR) is 70.6 cm³/mol. The first-order chi connectivity index (χ1) is 9.23. The molecule has 1 heterocycles. The highest BCUT2D eigenvalue weighted by molar-refractivity contribution is 5.01. The first-order valence-corrected chi connectivity index (χ1v) is 6.84. The van der Waals surface area contributed by atoms with Crippen molar-refractivity contribution in [2.45, 2.75) is 43.8 Å². The van der Waals surface area contributed by atoms with Crippen LogP contribution in [0.2, 0.25) is 0 Å². The molecule has 0 saturated heterocycles. The fourth-order valence-electron chi connectivity index (χ4n) is 2.44. The number of hydrogen-bond donors (Lipinski definition) is 4. The molecule has 0 unspecified atom stereocenters. The molecule has 4 N–H and O–H groups in total. The van der Waals surface area contributed by atoms with E-state index >= 15 is 0 Å². The van der Waals surface area contributed by atoms with Crippen molar-refractivity contribution >= 4 is 0 Å². The fraction of sp³-hybridized carbons (Fsp3) is 0.769. The summed E-state index contributed by atoms with van der Waals surface area (Å²) < 4.78 is 2.00. The lowest BCUT2D eigenvalue weighted by atomic mass is 10.0. The molecule has 1 saturated carbocycles. The van der Waals surface area contributed by atoms with Crippen molar-refractivity contribution in [3.05, 3.63) is 18.0 Å². The zero-order valence-corrected chi connectivity index (χ0v) is 11.1. The van der Waals surface area contributed by atoms with E-state index in [0.29, 0.717) is 12.6 Å². The second-order valence-corrected chi connectivity index (χ2v) is 5.33. The van der Waals surface area contributed by atoms with Gasteiger partial charge in [0.2, 0.25) is 0 Å². The highest BCUT2D eigenvalue weighted by Crippen LogP contribution is 2.28. The quantitative estimate of drug-likeness (QED) is 0.550. The molecule has 0 atom stereocenters. The van der Waals surface area contributed by atoms with E-state index < -0.39 is 5.54 Å². The molecule has 1 aromatic rings. The summed E-state index contributed by atoms with van der Waals surface area (Å²) in [6.45, 7) is -0.530. The molecule has 1 aliphatic rings. The monoisotopic (exact) mass is 269 g/mol. The van der Waals surface area contributed by atoms with Gasteiger partial charge in [0.25, 0.3) is 0 Å². The molecule has 6 nitrogen and oxygen atoms in total. The van der Waals surface area contributed by atoms with Gasteiger partial charge in [0.15, 0.2) is 0 Å². The minimum Gasteiger partial charge on any atom is -0.394 e. The summed E-state index contributed by atoms with van der Waals surface area (Å²) in [5.74, 6) is 0. The van der Waals surface area contributed by atoms with Crippen molar-refractivity contribution < 1.29 is 15.3 Å². The first kappa shape index (κ1) is 14.5. The maximum Gasteiger partial charge on any atom is 0.0884 e. The zero-order valence-electron chi connectivity index (χ0n) is 11.1. The van der Waals surface area contributed by atoms with E-state index in [2.05, 4.69) is 10.4 Å². The minimum atomic E-state index is -1.04. The van der Waals surface area contributed by atoms with Crippen LogP contribution in [-0.2, 0) is 6.54 Å². The van der Waals surface area contributed by atoms with Gasteiger partial charge in [0.05, 0.1) is 37.1 Å². The average Bonchev–Trinajstić information content (AvgIpc) is 3.12. The van der Waals surface area contributed by atoms with Crippen molar-refractivity contribution in [3.63, 3.8) is 0 Å². The summed E-state index contributed by atoms with van der Waals surface area (Å²) in [4.78, 5) is 0. The number of nitrogens with zero attached hydrogens (tertiary/aromatic N) is 2. The summed E-state index contributed by atoms with van der Waals surface area (Å²) in [5.41, 5.74) is -0.191. The van der Waals surface area contributed by atoms with Gasteiger partial charge in [-0.2, -0.15) is 5.10 Å². The smallest absolute Gasteiger partial charge is 0.0884 e. The summed E-state index contributed by atoms with van der Waals surface area (Å²) in [6, 6.07) is 2.44. The molecule has 1 aliphatic carbocycles. The Morgan fingerprint density at radius 3 is 2.42 bits per heavy atom. The van der Waals surface area contributed by atoms with Gasteiger partial charge >= 0.3 is 0 Å². The van der Waals surface area contributed by atoms with Crippen molar-refractivity contribution in [3.8, 4) is 0 Å². The SMILES string of the molecule is OCC(CO)(CO)NCc1ccn(C2CCCC2)n1. The number of aliphatic hydroxyl groups is 3.